The number of hydrogen-bond acceptors (Lipinski definition) is 4. The van der Waals surface area contributed by atoms with Gasteiger partial charge in [0.1, 0.15) is 17.3 Å². The van der Waals surface area contributed by atoms with E-state index >= 15 is 0 Å². The molecule has 4 aromatic rings. The third-order valence-electron chi connectivity index (χ3n) is 5.16. The van der Waals surface area contributed by atoms with Gasteiger partial charge in [-0.1, -0.05) is 42.5 Å². The lowest BCUT2D eigenvalue weighted by Crippen LogP contribution is -2.22. The fourth-order valence-corrected chi connectivity index (χ4v) is 3.57. The molecule has 0 radical (unpaired) electrons. The highest BCUT2D eigenvalue weighted by atomic mass is 19.1. The van der Waals surface area contributed by atoms with Crippen LogP contribution in [0.15, 0.2) is 95.4 Å². The minimum Gasteiger partial charge on any atom is -0.497 e. The van der Waals surface area contributed by atoms with Crippen molar-refractivity contribution in [2.75, 3.05) is 12.4 Å². The van der Waals surface area contributed by atoms with Crippen molar-refractivity contribution in [1.29, 1.82) is 0 Å². The maximum Gasteiger partial charge on any atom is 0.291 e. The molecule has 0 fully saturated rings. The summed E-state index contributed by atoms with van der Waals surface area (Å²) in [7, 11) is 1.65. The number of benzene rings is 3. The molecule has 0 saturated carbocycles. The minimum absolute atomic E-state index is 0.204. The Balaban J connectivity index is 1.47. The molecule has 1 N–H and O–H groups in total. The zero-order valence-electron chi connectivity index (χ0n) is 18.3. The maximum absolute atomic E-state index is 13.1. The van der Waals surface area contributed by atoms with Crippen LogP contribution in [0.3, 0.4) is 0 Å². The first-order chi connectivity index (χ1) is 16.1. The van der Waals surface area contributed by atoms with E-state index in [1.54, 1.807) is 13.2 Å². The first-order valence-electron chi connectivity index (χ1n) is 10.6. The van der Waals surface area contributed by atoms with E-state index < -0.39 is 0 Å². The van der Waals surface area contributed by atoms with E-state index in [4.69, 9.17) is 9.15 Å². The molecule has 6 heteroatoms. The number of rotatable bonds is 9. The molecule has 33 heavy (non-hydrogen) atoms. The van der Waals surface area contributed by atoms with Crippen molar-refractivity contribution in [3.05, 3.63) is 119 Å². The van der Waals surface area contributed by atoms with Crippen LogP contribution in [0.4, 0.5) is 10.1 Å². The number of carbonyl (C=O) groups excluding carboxylic acids is 1. The van der Waals surface area contributed by atoms with E-state index in [0.29, 0.717) is 24.5 Å². The van der Waals surface area contributed by atoms with Crippen LogP contribution in [0.25, 0.3) is 0 Å². The summed E-state index contributed by atoms with van der Waals surface area (Å²) in [5.41, 5.74) is 2.80. The van der Waals surface area contributed by atoms with Gasteiger partial charge in [-0.3, -0.25) is 9.69 Å². The van der Waals surface area contributed by atoms with Gasteiger partial charge in [0.15, 0.2) is 5.76 Å². The summed E-state index contributed by atoms with van der Waals surface area (Å²) in [6.07, 6.45) is 0. The Morgan fingerprint density at radius 2 is 1.61 bits per heavy atom. The van der Waals surface area contributed by atoms with Gasteiger partial charge in [0.05, 0.1) is 13.7 Å². The lowest BCUT2D eigenvalue weighted by molar-refractivity contribution is 0.0992. The zero-order chi connectivity index (χ0) is 23.0. The SMILES string of the molecule is COc1cccc(CN(Cc2ccccc2)Cc2ccc(C(=O)Nc3ccc(F)cc3)o2)c1. The number of halogens is 1. The lowest BCUT2D eigenvalue weighted by Gasteiger charge is -2.22. The van der Waals surface area contributed by atoms with Crippen LogP contribution >= 0.6 is 0 Å². The van der Waals surface area contributed by atoms with Crippen LogP contribution in [-0.4, -0.2) is 17.9 Å². The molecule has 0 aliphatic rings. The fraction of sp³-hybridized carbons (Fsp3) is 0.148. The molecule has 0 bridgehead atoms. The molecule has 1 heterocycles. The van der Waals surface area contributed by atoms with Gasteiger partial charge in [-0.15, -0.1) is 0 Å². The highest BCUT2D eigenvalue weighted by Gasteiger charge is 2.15. The van der Waals surface area contributed by atoms with E-state index in [1.165, 1.54) is 29.8 Å². The molecule has 1 aromatic heterocycles. The third-order valence-corrected chi connectivity index (χ3v) is 5.16. The number of carbonyl (C=O) groups is 1. The van der Waals surface area contributed by atoms with Gasteiger partial charge in [-0.05, 0) is 59.7 Å². The maximum atomic E-state index is 13.1. The van der Waals surface area contributed by atoms with Crippen LogP contribution < -0.4 is 10.1 Å². The Hall–Kier alpha value is -3.90. The molecule has 0 spiro atoms. The second-order valence-corrected chi connectivity index (χ2v) is 7.71. The molecule has 0 aliphatic heterocycles. The van der Waals surface area contributed by atoms with Crippen molar-refractivity contribution >= 4 is 11.6 Å². The predicted molar refractivity (Wildman–Crippen MR) is 125 cm³/mol. The number of nitrogens with one attached hydrogen (secondary N) is 1. The Morgan fingerprint density at radius 3 is 2.36 bits per heavy atom. The fourth-order valence-electron chi connectivity index (χ4n) is 3.57. The van der Waals surface area contributed by atoms with Gasteiger partial charge in [-0.2, -0.15) is 0 Å². The van der Waals surface area contributed by atoms with Crippen molar-refractivity contribution in [3.63, 3.8) is 0 Å². The second kappa shape index (κ2) is 10.6. The van der Waals surface area contributed by atoms with Crippen LogP contribution in [-0.2, 0) is 19.6 Å². The summed E-state index contributed by atoms with van der Waals surface area (Å²) in [6.45, 7) is 1.93. The van der Waals surface area contributed by atoms with Crippen LogP contribution in [0.2, 0.25) is 0 Å². The second-order valence-electron chi connectivity index (χ2n) is 7.71. The van der Waals surface area contributed by atoms with Gasteiger partial charge >= 0.3 is 0 Å². The molecular formula is C27H25FN2O3. The summed E-state index contributed by atoms with van der Waals surface area (Å²) in [4.78, 5) is 14.8. The van der Waals surface area contributed by atoms with Gasteiger partial charge in [-0.25, -0.2) is 4.39 Å². The first kappa shape index (κ1) is 22.3. The van der Waals surface area contributed by atoms with Crippen LogP contribution in [0, 0.1) is 5.82 Å². The van der Waals surface area contributed by atoms with E-state index in [1.807, 2.05) is 42.5 Å². The standard InChI is InChI=1S/C27H25FN2O3/c1-32-24-9-5-8-21(16-24)18-30(17-20-6-3-2-4-7-20)19-25-14-15-26(33-25)27(31)29-23-12-10-22(28)11-13-23/h2-16H,17-19H2,1H3,(H,29,31). The van der Waals surface area contributed by atoms with Crippen LogP contribution in [0.1, 0.15) is 27.4 Å². The van der Waals surface area contributed by atoms with Gasteiger partial charge < -0.3 is 14.5 Å². The highest BCUT2D eigenvalue weighted by molar-refractivity contribution is 6.02. The molecule has 0 atom stereocenters. The van der Waals surface area contributed by atoms with Crippen LogP contribution in [0.5, 0.6) is 5.75 Å². The topological polar surface area (TPSA) is 54.7 Å². The monoisotopic (exact) mass is 444 g/mol. The molecule has 0 unspecified atom stereocenters. The van der Waals surface area contributed by atoms with Crippen molar-refractivity contribution in [2.45, 2.75) is 19.6 Å². The molecule has 3 aromatic carbocycles. The molecule has 168 valence electrons. The average Bonchev–Trinajstić information content (AvgIpc) is 3.30. The minimum atomic E-state index is -0.379. The van der Waals surface area contributed by atoms with Crippen molar-refractivity contribution in [2.24, 2.45) is 0 Å². The normalized spacial score (nSPS) is 10.9. The quantitative estimate of drug-likeness (QED) is 0.350. The Labute approximate surface area is 192 Å². The first-order valence-corrected chi connectivity index (χ1v) is 10.6. The average molecular weight is 445 g/mol. The molecule has 5 nitrogen and oxygen atoms in total. The molecule has 0 saturated heterocycles. The van der Waals surface area contributed by atoms with Crippen molar-refractivity contribution < 1.29 is 18.3 Å². The molecular weight excluding hydrogens is 419 g/mol. The largest absolute Gasteiger partial charge is 0.497 e. The Morgan fingerprint density at radius 1 is 0.879 bits per heavy atom. The van der Waals surface area contributed by atoms with Crippen molar-refractivity contribution in [1.82, 2.24) is 4.90 Å². The van der Waals surface area contributed by atoms with E-state index in [0.717, 1.165) is 17.9 Å². The summed E-state index contributed by atoms with van der Waals surface area (Å²) >= 11 is 0. The number of methoxy groups -OCH3 is 1. The zero-order valence-corrected chi connectivity index (χ0v) is 18.3. The molecule has 0 aliphatic carbocycles. The smallest absolute Gasteiger partial charge is 0.291 e. The van der Waals surface area contributed by atoms with Crippen molar-refractivity contribution in [3.8, 4) is 5.75 Å². The lowest BCUT2D eigenvalue weighted by atomic mass is 10.1. The predicted octanol–water partition coefficient (Wildman–Crippen LogP) is 5.88. The highest BCUT2D eigenvalue weighted by Crippen LogP contribution is 2.20. The van der Waals surface area contributed by atoms with Gasteiger partial charge in [0, 0.05) is 18.8 Å². The summed E-state index contributed by atoms with van der Waals surface area (Å²) < 4.78 is 24.3. The van der Waals surface area contributed by atoms with Gasteiger partial charge in [0.25, 0.3) is 5.91 Å². The van der Waals surface area contributed by atoms with E-state index in [9.17, 15) is 9.18 Å². The molecule has 4 rings (SSSR count). The Bertz CT molecular complexity index is 1190. The Kier molecular flexibility index (Phi) is 7.17. The number of nitrogens with zero attached hydrogens (tertiary/aromatic N) is 1. The summed E-state index contributed by atoms with van der Waals surface area (Å²) in [5, 5.41) is 2.72. The van der Waals surface area contributed by atoms with E-state index in [-0.39, 0.29) is 17.5 Å². The van der Waals surface area contributed by atoms with E-state index in [2.05, 4.69) is 28.4 Å². The third kappa shape index (κ3) is 6.30. The number of hydrogen-bond donors (Lipinski definition) is 1. The number of furan rings is 1. The molecule has 1 amide bonds. The number of anilines is 1. The summed E-state index contributed by atoms with van der Waals surface area (Å²) in [6, 6.07) is 27.2. The number of ether oxygens (including phenoxy) is 1. The summed E-state index contributed by atoms with van der Waals surface area (Å²) in [5.74, 6) is 0.955. The number of amides is 1. The van der Waals surface area contributed by atoms with Gasteiger partial charge in [0.2, 0.25) is 0 Å².